The molecule has 2 unspecified atom stereocenters. The number of halogens is 4. The summed E-state index contributed by atoms with van der Waals surface area (Å²) in [5.41, 5.74) is 1.18. The molecule has 2 rings (SSSR count). The summed E-state index contributed by atoms with van der Waals surface area (Å²) in [7, 11) is 0. The van der Waals surface area contributed by atoms with Crippen molar-refractivity contribution in [1.29, 1.82) is 0 Å². The first-order valence-corrected chi connectivity index (χ1v) is 11.8. The summed E-state index contributed by atoms with van der Waals surface area (Å²) in [6.07, 6.45) is 2.19. The summed E-state index contributed by atoms with van der Waals surface area (Å²) in [6.45, 7) is 15.5. The Labute approximate surface area is 216 Å². The fourth-order valence-corrected chi connectivity index (χ4v) is 4.19. The lowest BCUT2D eigenvalue weighted by atomic mass is 9.78. The lowest BCUT2D eigenvalue weighted by molar-refractivity contribution is -0.0550. The van der Waals surface area contributed by atoms with Crippen LogP contribution in [0.2, 0.25) is 20.1 Å². The number of benzene rings is 2. The highest BCUT2D eigenvalue weighted by molar-refractivity contribution is 6.38. The predicted molar refractivity (Wildman–Crippen MR) is 138 cm³/mol. The van der Waals surface area contributed by atoms with Crippen molar-refractivity contribution in [2.45, 2.75) is 45.7 Å². The average Bonchev–Trinajstić information content (AvgIpc) is 2.75. The molecule has 0 aromatic heterocycles. The molecule has 0 aliphatic rings. The zero-order valence-corrected chi connectivity index (χ0v) is 22.1. The Morgan fingerprint density at radius 1 is 0.727 bits per heavy atom. The van der Waals surface area contributed by atoms with E-state index in [1.807, 2.05) is 13.8 Å². The van der Waals surface area contributed by atoms with Gasteiger partial charge in [0.25, 0.3) is 0 Å². The van der Waals surface area contributed by atoms with Crippen LogP contribution in [0.15, 0.2) is 49.6 Å². The third kappa shape index (κ3) is 7.29. The summed E-state index contributed by atoms with van der Waals surface area (Å²) in [5, 5.41) is 1.46. The lowest BCUT2D eigenvalue weighted by Gasteiger charge is -2.28. The van der Waals surface area contributed by atoms with Gasteiger partial charge in [-0.15, -0.1) is 13.2 Å². The smallest absolute Gasteiger partial charge is 0.197 e. The molecule has 180 valence electrons. The number of hydrogen-bond donors (Lipinski definition) is 0. The summed E-state index contributed by atoms with van der Waals surface area (Å²) in [5.74, 6) is 0.700. The highest BCUT2D eigenvalue weighted by Gasteiger charge is 2.28. The zero-order chi connectivity index (χ0) is 24.8. The normalized spacial score (nSPS) is 13.3. The number of hydrogen-bond acceptors (Lipinski definition) is 4. The van der Waals surface area contributed by atoms with E-state index in [4.69, 9.17) is 65.4 Å². The molecular formula is C25H28Cl4O4. The van der Waals surface area contributed by atoms with Crippen LogP contribution in [-0.2, 0) is 14.9 Å². The second-order valence-electron chi connectivity index (χ2n) is 7.78. The highest BCUT2D eigenvalue weighted by Crippen LogP contribution is 2.44. The summed E-state index contributed by atoms with van der Waals surface area (Å²) in [4.78, 5) is 0. The fraction of sp³-hybridized carbons (Fsp3) is 0.360. The van der Waals surface area contributed by atoms with Crippen LogP contribution in [0, 0.1) is 0 Å². The summed E-state index contributed by atoms with van der Waals surface area (Å²) >= 11 is 26.1. The molecule has 0 spiro atoms. The first kappa shape index (κ1) is 27.8. The van der Waals surface area contributed by atoms with E-state index in [2.05, 4.69) is 13.2 Å². The first-order chi connectivity index (χ1) is 15.5. The molecule has 0 aliphatic heterocycles. The van der Waals surface area contributed by atoms with E-state index in [-0.39, 0.29) is 0 Å². The molecule has 0 amide bonds. The van der Waals surface area contributed by atoms with E-state index in [9.17, 15) is 0 Å². The van der Waals surface area contributed by atoms with Crippen LogP contribution < -0.4 is 9.47 Å². The van der Waals surface area contributed by atoms with Crippen LogP contribution >= 0.6 is 46.4 Å². The quantitative estimate of drug-likeness (QED) is 0.202. The van der Waals surface area contributed by atoms with Gasteiger partial charge in [-0.1, -0.05) is 72.4 Å². The van der Waals surface area contributed by atoms with Crippen molar-refractivity contribution in [3.8, 4) is 11.5 Å². The van der Waals surface area contributed by atoms with Gasteiger partial charge < -0.3 is 18.9 Å². The highest BCUT2D eigenvalue weighted by atomic mass is 35.5. The molecule has 0 heterocycles. The predicted octanol–water partition coefficient (Wildman–Crippen LogP) is 8.48. The van der Waals surface area contributed by atoms with Crippen molar-refractivity contribution in [3.05, 3.63) is 80.8 Å². The van der Waals surface area contributed by atoms with Gasteiger partial charge >= 0.3 is 0 Å². The van der Waals surface area contributed by atoms with Gasteiger partial charge in [-0.3, -0.25) is 0 Å². The molecule has 2 aromatic rings. The largest absolute Gasteiger partial charge is 0.462 e. The van der Waals surface area contributed by atoms with Crippen LogP contribution in [0.1, 0.15) is 38.8 Å². The third-order valence-corrected chi connectivity index (χ3v) is 6.03. The van der Waals surface area contributed by atoms with Gasteiger partial charge in [0.1, 0.15) is 0 Å². The molecule has 0 radical (unpaired) electrons. The Balaban J connectivity index is 2.33. The van der Waals surface area contributed by atoms with Crippen molar-refractivity contribution in [2.75, 3.05) is 13.2 Å². The van der Waals surface area contributed by atoms with Crippen molar-refractivity contribution >= 4 is 46.4 Å². The van der Waals surface area contributed by atoms with Crippen molar-refractivity contribution in [1.82, 2.24) is 0 Å². The maximum atomic E-state index is 6.51. The molecule has 0 saturated carbocycles. The summed E-state index contributed by atoms with van der Waals surface area (Å²) in [6, 6.07) is 7.22. The minimum atomic E-state index is -0.542. The van der Waals surface area contributed by atoms with E-state index in [1.54, 1.807) is 50.3 Å². The standard InChI is InChI=1S/C25H28Cl4O4/c1-7-9-30-15(3)32-23-19(26)11-17(12-20(23)27)25(5,6)18-13-21(28)24(22(29)14-18)33-16(4)31-10-8-2/h7-8,11-16H,1-2,9-10H2,3-6H3. The van der Waals surface area contributed by atoms with Crippen molar-refractivity contribution in [2.24, 2.45) is 0 Å². The second-order valence-corrected chi connectivity index (χ2v) is 9.41. The van der Waals surface area contributed by atoms with E-state index >= 15 is 0 Å². The molecule has 2 aromatic carbocycles. The Morgan fingerprint density at radius 3 is 1.30 bits per heavy atom. The van der Waals surface area contributed by atoms with E-state index in [1.165, 1.54) is 0 Å². The van der Waals surface area contributed by atoms with Crippen LogP contribution in [0.25, 0.3) is 0 Å². The van der Waals surface area contributed by atoms with E-state index < -0.39 is 18.0 Å². The summed E-state index contributed by atoms with van der Waals surface area (Å²) < 4.78 is 22.4. The molecule has 0 fully saturated rings. The SMILES string of the molecule is C=CCOC(C)Oc1c(Cl)cc(C(C)(C)c2cc(Cl)c(OC(C)OCC=C)c(Cl)c2)cc1Cl. The Bertz CT molecular complexity index is 867. The number of ether oxygens (including phenoxy) is 4. The van der Waals surface area contributed by atoms with Crippen LogP contribution in [-0.4, -0.2) is 25.8 Å². The molecular weight excluding hydrogens is 506 g/mol. The third-order valence-electron chi connectivity index (χ3n) is 4.91. The van der Waals surface area contributed by atoms with Gasteiger partial charge in [0.05, 0.1) is 33.3 Å². The first-order valence-electron chi connectivity index (χ1n) is 10.3. The average molecular weight is 534 g/mol. The maximum absolute atomic E-state index is 6.51. The van der Waals surface area contributed by atoms with Gasteiger partial charge in [-0.25, -0.2) is 0 Å². The fourth-order valence-electron chi connectivity index (χ4n) is 3.04. The van der Waals surface area contributed by atoms with Gasteiger partial charge in [0.2, 0.25) is 0 Å². The molecule has 8 heteroatoms. The maximum Gasteiger partial charge on any atom is 0.197 e. The number of rotatable bonds is 12. The van der Waals surface area contributed by atoms with E-state index in [0.717, 1.165) is 11.1 Å². The zero-order valence-electron chi connectivity index (χ0n) is 19.1. The van der Waals surface area contributed by atoms with Gasteiger partial charge in [-0.2, -0.15) is 0 Å². The molecule has 0 aliphatic carbocycles. The van der Waals surface area contributed by atoms with Gasteiger partial charge in [0.15, 0.2) is 24.1 Å². The van der Waals surface area contributed by atoms with Crippen LogP contribution in [0.5, 0.6) is 11.5 Å². The van der Waals surface area contributed by atoms with E-state index in [0.29, 0.717) is 44.8 Å². The van der Waals surface area contributed by atoms with Crippen LogP contribution in [0.3, 0.4) is 0 Å². The van der Waals surface area contributed by atoms with Gasteiger partial charge in [-0.05, 0) is 49.2 Å². The topological polar surface area (TPSA) is 36.9 Å². The van der Waals surface area contributed by atoms with Crippen molar-refractivity contribution < 1.29 is 18.9 Å². The molecule has 0 saturated heterocycles. The minimum Gasteiger partial charge on any atom is -0.462 e. The molecule has 0 bridgehead atoms. The molecule has 33 heavy (non-hydrogen) atoms. The van der Waals surface area contributed by atoms with Crippen molar-refractivity contribution in [3.63, 3.8) is 0 Å². The Morgan fingerprint density at radius 2 is 1.03 bits per heavy atom. The lowest BCUT2D eigenvalue weighted by Crippen LogP contribution is -2.21. The van der Waals surface area contributed by atoms with Crippen LogP contribution in [0.4, 0.5) is 0 Å². The Kier molecular flexibility index (Phi) is 10.4. The second kappa shape index (κ2) is 12.3. The van der Waals surface area contributed by atoms with Gasteiger partial charge in [0, 0.05) is 5.41 Å². The molecule has 0 N–H and O–H groups in total. The monoisotopic (exact) mass is 532 g/mol. The Hall–Kier alpha value is -1.40. The molecule has 2 atom stereocenters. The minimum absolute atomic E-state index is 0.349. The molecule has 4 nitrogen and oxygen atoms in total.